The van der Waals surface area contributed by atoms with E-state index in [-0.39, 0.29) is 0 Å². The van der Waals surface area contributed by atoms with Gasteiger partial charge in [-0.05, 0) is 13.0 Å². The second kappa shape index (κ2) is 5.69. The summed E-state index contributed by atoms with van der Waals surface area (Å²) in [4.78, 5) is 15.2. The molecule has 5 atom stereocenters. The summed E-state index contributed by atoms with van der Waals surface area (Å²) < 4.78 is 10.4. The van der Waals surface area contributed by atoms with Gasteiger partial charge in [-0.1, -0.05) is 18.2 Å². The third-order valence-corrected chi connectivity index (χ3v) is 3.84. The van der Waals surface area contributed by atoms with Crippen molar-refractivity contribution in [2.24, 2.45) is 0 Å². The molecule has 1 aliphatic heterocycles. The number of esters is 1. The maximum Gasteiger partial charge on any atom is 0.342 e. The van der Waals surface area contributed by atoms with Gasteiger partial charge in [-0.15, -0.1) is 0 Å². The highest BCUT2D eigenvalue weighted by molar-refractivity contribution is 6.04. The number of hydrogen-bond donors (Lipinski definition) is 4. The molecule has 0 aliphatic carbocycles. The number of rotatable bonds is 2. The van der Waals surface area contributed by atoms with E-state index in [4.69, 9.17) is 9.47 Å². The minimum Gasteiger partial charge on any atom is -0.429 e. The largest absolute Gasteiger partial charge is 0.429 e. The Bertz CT molecular complexity index is 683. The average Bonchev–Trinajstić information content (AvgIpc) is 2.94. The van der Waals surface area contributed by atoms with Gasteiger partial charge in [0.2, 0.25) is 6.29 Å². The van der Waals surface area contributed by atoms with Crippen molar-refractivity contribution in [1.29, 1.82) is 0 Å². The van der Waals surface area contributed by atoms with Gasteiger partial charge in [0.25, 0.3) is 0 Å². The molecule has 7 nitrogen and oxygen atoms in total. The van der Waals surface area contributed by atoms with Gasteiger partial charge in [0.1, 0.15) is 18.3 Å². The topological polar surface area (TPSA) is 112 Å². The number of para-hydroxylation sites is 1. The van der Waals surface area contributed by atoms with Crippen molar-refractivity contribution in [3.05, 3.63) is 36.0 Å². The summed E-state index contributed by atoms with van der Waals surface area (Å²) >= 11 is 0. The molecule has 0 bridgehead atoms. The molecule has 0 unspecified atom stereocenters. The summed E-state index contributed by atoms with van der Waals surface area (Å²) in [6.07, 6.45) is -4.78. The zero-order valence-corrected chi connectivity index (χ0v) is 11.8. The maximum atomic E-state index is 12.3. The van der Waals surface area contributed by atoms with Gasteiger partial charge in [-0.3, -0.25) is 0 Å². The van der Waals surface area contributed by atoms with Crippen molar-refractivity contribution < 1.29 is 29.6 Å². The quantitative estimate of drug-likeness (QED) is 0.588. The first kappa shape index (κ1) is 15.0. The maximum absolute atomic E-state index is 12.3. The van der Waals surface area contributed by atoms with Crippen LogP contribution in [0.1, 0.15) is 17.3 Å². The van der Waals surface area contributed by atoms with E-state index < -0.39 is 36.7 Å². The van der Waals surface area contributed by atoms with Crippen LogP contribution in [0.3, 0.4) is 0 Å². The van der Waals surface area contributed by atoms with Crippen LogP contribution in [0, 0.1) is 0 Å². The van der Waals surface area contributed by atoms with Crippen LogP contribution in [0.2, 0.25) is 0 Å². The van der Waals surface area contributed by atoms with Gasteiger partial charge in [-0.25, -0.2) is 4.79 Å². The number of aromatic nitrogens is 1. The van der Waals surface area contributed by atoms with Crippen LogP contribution in [0.15, 0.2) is 30.5 Å². The van der Waals surface area contributed by atoms with E-state index in [0.717, 1.165) is 5.52 Å². The Morgan fingerprint density at radius 2 is 1.91 bits per heavy atom. The predicted octanol–water partition coefficient (Wildman–Crippen LogP) is 0.152. The Hall–Kier alpha value is -1.93. The monoisotopic (exact) mass is 307 g/mol. The van der Waals surface area contributed by atoms with Crippen LogP contribution in [0.4, 0.5) is 0 Å². The number of aliphatic hydroxyl groups is 3. The first-order valence-electron chi connectivity index (χ1n) is 6.96. The van der Waals surface area contributed by atoms with E-state index in [0.29, 0.717) is 10.9 Å². The highest BCUT2D eigenvalue weighted by Crippen LogP contribution is 2.24. The Kier molecular flexibility index (Phi) is 3.88. The fourth-order valence-electron chi connectivity index (χ4n) is 2.52. The van der Waals surface area contributed by atoms with Crippen molar-refractivity contribution in [3.8, 4) is 0 Å². The van der Waals surface area contributed by atoms with Gasteiger partial charge in [0.15, 0.2) is 0 Å². The van der Waals surface area contributed by atoms with E-state index in [9.17, 15) is 20.1 Å². The number of fused-ring (bicyclic) bond motifs is 1. The Labute approximate surface area is 126 Å². The van der Waals surface area contributed by atoms with Crippen molar-refractivity contribution in [2.45, 2.75) is 37.6 Å². The van der Waals surface area contributed by atoms with E-state index in [1.807, 2.05) is 12.1 Å². The Morgan fingerprint density at radius 3 is 2.68 bits per heavy atom. The highest BCUT2D eigenvalue weighted by Gasteiger charge is 2.43. The molecule has 0 spiro atoms. The number of nitrogens with one attached hydrogen (secondary N) is 1. The second-order valence-corrected chi connectivity index (χ2v) is 5.33. The molecule has 22 heavy (non-hydrogen) atoms. The molecule has 1 aliphatic rings. The molecule has 0 radical (unpaired) electrons. The van der Waals surface area contributed by atoms with Gasteiger partial charge in [0.05, 0.1) is 11.7 Å². The molecular formula is C15H17NO6. The van der Waals surface area contributed by atoms with Crippen molar-refractivity contribution >= 4 is 16.9 Å². The molecule has 1 aromatic heterocycles. The highest BCUT2D eigenvalue weighted by atomic mass is 16.7. The molecule has 0 amide bonds. The van der Waals surface area contributed by atoms with E-state index in [1.54, 1.807) is 12.1 Å². The minimum absolute atomic E-state index is 0.305. The lowest BCUT2D eigenvalue weighted by Crippen LogP contribution is -2.57. The van der Waals surface area contributed by atoms with Gasteiger partial charge >= 0.3 is 5.97 Å². The molecule has 2 aromatic rings. The molecule has 4 N–H and O–H groups in total. The van der Waals surface area contributed by atoms with Crippen LogP contribution in [0.25, 0.3) is 10.9 Å². The number of hydrogen-bond acceptors (Lipinski definition) is 6. The van der Waals surface area contributed by atoms with Crippen LogP contribution in [-0.4, -0.2) is 57.0 Å². The molecule has 3 rings (SSSR count). The molecule has 1 fully saturated rings. The zero-order chi connectivity index (χ0) is 15.9. The first-order chi connectivity index (χ1) is 10.5. The summed E-state index contributed by atoms with van der Waals surface area (Å²) in [6, 6.07) is 7.21. The molecule has 2 heterocycles. The molecular weight excluding hydrogens is 290 g/mol. The Morgan fingerprint density at radius 1 is 1.18 bits per heavy atom. The number of H-pyrrole nitrogens is 1. The smallest absolute Gasteiger partial charge is 0.342 e. The average molecular weight is 307 g/mol. The number of aliphatic hydroxyl groups excluding tert-OH is 3. The van der Waals surface area contributed by atoms with E-state index in [2.05, 4.69) is 4.98 Å². The summed E-state index contributed by atoms with van der Waals surface area (Å²) in [6.45, 7) is 1.52. The lowest BCUT2D eigenvalue weighted by Gasteiger charge is -2.38. The van der Waals surface area contributed by atoms with Crippen molar-refractivity contribution in [2.75, 3.05) is 0 Å². The fraction of sp³-hybridized carbons (Fsp3) is 0.400. The number of carbonyl (C=O) groups excluding carboxylic acids is 1. The summed E-state index contributed by atoms with van der Waals surface area (Å²) in [5.41, 5.74) is 1.09. The van der Waals surface area contributed by atoms with Crippen LogP contribution < -0.4 is 0 Å². The van der Waals surface area contributed by atoms with Crippen LogP contribution >= 0.6 is 0 Å². The lowest BCUT2D eigenvalue weighted by atomic mass is 10.00. The number of ether oxygens (including phenoxy) is 2. The second-order valence-electron chi connectivity index (χ2n) is 5.33. The molecule has 1 aromatic carbocycles. The normalized spacial score (nSPS) is 32.1. The van der Waals surface area contributed by atoms with Crippen molar-refractivity contribution in [1.82, 2.24) is 4.98 Å². The van der Waals surface area contributed by atoms with Crippen LogP contribution in [0.5, 0.6) is 0 Å². The summed E-state index contributed by atoms with van der Waals surface area (Å²) in [5.74, 6) is -0.683. The minimum atomic E-state index is -1.51. The van der Waals surface area contributed by atoms with Gasteiger partial charge in [0, 0.05) is 17.1 Å². The lowest BCUT2D eigenvalue weighted by molar-refractivity contribution is -0.276. The van der Waals surface area contributed by atoms with E-state index in [1.165, 1.54) is 13.1 Å². The third kappa shape index (κ3) is 2.48. The molecule has 1 saturated heterocycles. The molecule has 0 saturated carbocycles. The van der Waals surface area contributed by atoms with Crippen LogP contribution in [-0.2, 0) is 9.47 Å². The predicted molar refractivity (Wildman–Crippen MR) is 76.1 cm³/mol. The number of carbonyl (C=O) groups is 1. The first-order valence-corrected chi connectivity index (χ1v) is 6.96. The Balaban J connectivity index is 1.79. The SMILES string of the molecule is C[C@@H]1O[C@@H](OC(=O)c2c[nH]c3ccccc23)[C@H](O)[C@H](O)[C@H]1O. The standard InChI is InChI=1S/C15H17NO6/c1-7-11(17)12(18)13(19)15(21-7)22-14(20)9-6-16-10-5-3-2-4-8(9)10/h2-7,11-13,15-19H,1H3/t7-,11-,12+,13+,15-/m0/s1. The van der Waals surface area contributed by atoms with Crippen molar-refractivity contribution in [3.63, 3.8) is 0 Å². The molecule has 7 heteroatoms. The zero-order valence-electron chi connectivity index (χ0n) is 11.8. The van der Waals surface area contributed by atoms with Gasteiger partial charge in [-0.2, -0.15) is 0 Å². The summed E-state index contributed by atoms with van der Waals surface area (Å²) in [7, 11) is 0. The summed E-state index contributed by atoms with van der Waals surface area (Å²) in [5, 5.41) is 29.9. The van der Waals surface area contributed by atoms with E-state index >= 15 is 0 Å². The third-order valence-electron chi connectivity index (χ3n) is 3.84. The number of benzene rings is 1. The molecule has 118 valence electrons. The fourth-order valence-corrected chi connectivity index (χ4v) is 2.52. The van der Waals surface area contributed by atoms with Gasteiger partial charge < -0.3 is 29.8 Å². The number of aromatic amines is 1.